The minimum atomic E-state index is 0.388. The third-order valence-electron chi connectivity index (χ3n) is 3.52. The van der Waals surface area contributed by atoms with Crippen LogP contribution in [0.2, 0.25) is 5.02 Å². The Bertz CT molecular complexity index is 690. The van der Waals surface area contributed by atoms with E-state index in [4.69, 9.17) is 16.3 Å². The summed E-state index contributed by atoms with van der Waals surface area (Å²) < 4.78 is 5.46. The molecule has 0 atom stereocenters. The molecule has 6 heteroatoms. The maximum absolute atomic E-state index is 9.27. The zero-order chi connectivity index (χ0) is 14.7. The summed E-state index contributed by atoms with van der Waals surface area (Å²) in [6.07, 6.45) is 3.68. The molecule has 1 aliphatic heterocycles. The van der Waals surface area contributed by atoms with Gasteiger partial charge in [0.25, 0.3) is 0 Å². The lowest BCUT2D eigenvalue weighted by molar-refractivity contribution is 0.124. The van der Waals surface area contributed by atoms with Crippen LogP contribution in [0.1, 0.15) is 18.4 Å². The molecular weight excluding hydrogens is 288 g/mol. The summed E-state index contributed by atoms with van der Waals surface area (Å²) in [4.78, 5) is 11.2. The maximum atomic E-state index is 9.27. The van der Waals surface area contributed by atoms with E-state index in [1.54, 1.807) is 18.3 Å². The van der Waals surface area contributed by atoms with Crippen molar-refractivity contribution in [2.45, 2.75) is 12.8 Å². The monoisotopic (exact) mass is 302 g/mol. The summed E-state index contributed by atoms with van der Waals surface area (Å²) in [5, 5.41) is 9.68. The van der Waals surface area contributed by atoms with Gasteiger partial charge in [0, 0.05) is 26.3 Å². The van der Waals surface area contributed by atoms with Gasteiger partial charge < -0.3 is 9.64 Å². The number of hydrogen-bond donors (Lipinski definition) is 0. The first-order valence-electron chi connectivity index (χ1n) is 6.97. The second kappa shape index (κ2) is 6.25. The lowest BCUT2D eigenvalue weighted by Gasteiger charge is -2.25. The summed E-state index contributed by atoms with van der Waals surface area (Å²) in [7, 11) is 0. The van der Waals surface area contributed by atoms with Crippen LogP contribution in [0.25, 0.3) is 11.0 Å². The van der Waals surface area contributed by atoms with Gasteiger partial charge in [0.2, 0.25) is 0 Å². The van der Waals surface area contributed by atoms with Crippen LogP contribution in [0.4, 0.5) is 5.82 Å². The first-order valence-corrected chi connectivity index (χ1v) is 7.35. The number of nitriles is 1. The van der Waals surface area contributed by atoms with Crippen LogP contribution >= 0.6 is 11.6 Å². The van der Waals surface area contributed by atoms with E-state index in [1.165, 1.54) is 0 Å². The van der Waals surface area contributed by atoms with Crippen LogP contribution in [-0.4, -0.2) is 36.3 Å². The number of ether oxygens (including phenoxy) is 1. The highest BCUT2D eigenvalue weighted by atomic mass is 35.5. The van der Waals surface area contributed by atoms with Crippen molar-refractivity contribution in [3.63, 3.8) is 0 Å². The topological polar surface area (TPSA) is 62.0 Å². The minimum absolute atomic E-state index is 0.388. The molecule has 1 aromatic carbocycles. The predicted octanol–water partition coefficient (Wildman–Crippen LogP) is 2.77. The van der Waals surface area contributed by atoms with Crippen molar-refractivity contribution in [2.24, 2.45) is 0 Å². The molecule has 1 saturated heterocycles. The smallest absolute Gasteiger partial charge is 0.147 e. The quantitative estimate of drug-likeness (QED) is 0.810. The summed E-state index contributed by atoms with van der Waals surface area (Å²) in [5.74, 6) is 0.795. The minimum Gasteiger partial charge on any atom is -0.381 e. The fraction of sp³-hybridized carbons (Fsp3) is 0.400. The average Bonchev–Trinajstić information content (AvgIpc) is 2.46. The fourth-order valence-corrected chi connectivity index (χ4v) is 2.65. The SMILES string of the molecule is N#Cc1c(Cl)ccc2ncc(N3CCCOCCC3)nc12. The molecule has 3 rings (SSSR count). The summed E-state index contributed by atoms with van der Waals surface area (Å²) in [6, 6.07) is 5.59. The van der Waals surface area contributed by atoms with Crippen LogP contribution < -0.4 is 4.90 Å². The third kappa shape index (κ3) is 2.92. The van der Waals surface area contributed by atoms with Crippen LogP contribution in [0.15, 0.2) is 18.3 Å². The number of fused-ring (bicyclic) bond motifs is 1. The highest BCUT2D eigenvalue weighted by Crippen LogP contribution is 2.25. The molecular formula is C15H15ClN4O. The molecule has 0 radical (unpaired) electrons. The number of rotatable bonds is 1. The van der Waals surface area contributed by atoms with Gasteiger partial charge in [-0.3, -0.25) is 4.98 Å². The van der Waals surface area contributed by atoms with Crippen molar-refractivity contribution < 1.29 is 4.74 Å². The van der Waals surface area contributed by atoms with Gasteiger partial charge in [-0.25, -0.2) is 4.98 Å². The number of halogens is 1. The third-order valence-corrected chi connectivity index (χ3v) is 3.84. The highest BCUT2D eigenvalue weighted by Gasteiger charge is 2.14. The summed E-state index contributed by atoms with van der Waals surface area (Å²) >= 11 is 6.07. The van der Waals surface area contributed by atoms with Gasteiger partial charge in [0.05, 0.1) is 22.3 Å². The van der Waals surface area contributed by atoms with E-state index in [9.17, 15) is 5.26 Å². The molecule has 0 spiro atoms. The van der Waals surface area contributed by atoms with Gasteiger partial charge in [-0.15, -0.1) is 0 Å². The molecule has 0 aliphatic carbocycles. The van der Waals surface area contributed by atoms with E-state index in [-0.39, 0.29) is 0 Å². The Hall–Kier alpha value is -1.90. The second-order valence-corrected chi connectivity index (χ2v) is 5.34. The Labute approximate surface area is 128 Å². The predicted molar refractivity (Wildman–Crippen MR) is 81.5 cm³/mol. The normalized spacial score (nSPS) is 16.3. The number of anilines is 1. The zero-order valence-electron chi connectivity index (χ0n) is 11.5. The zero-order valence-corrected chi connectivity index (χ0v) is 12.3. The molecule has 0 saturated carbocycles. The van der Waals surface area contributed by atoms with Gasteiger partial charge in [0.15, 0.2) is 0 Å². The Morgan fingerprint density at radius 1 is 1.24 bits per heavy atom. The first kappa shape index (κ1) is 14.1. The van der Waals surface area contributed by atoms with Crippen molar-refractivity contribution in [3.05, 3.63) is 28.9 Å². The fourth-order valence-electron chi connectivity index (χ4n) is 2.46. The van der Waals surface area contributed by atoms with Gasteiger partial charge in [0.1, 0.15) is 17.4 Å². The Kier molecular flexibility index (Phi) is 4.18. The molecule has 5 nitrogen and oxygen atoms in total. The molecule has 1 fully saturated rings. The largest absolute Gasteiger partial charge is 0.381 e. The number of benzene rings is 1. The van der Waals surface area contributed by atoms with Crippen molar-refractivity contribution in [1.82, 2.24) is 9.97 Å². The number of nitrogens with zero attached hydrogens (tertiary/aromatic N) is 4. The van der Waals surface area contributed by atoms with Crippen molar-refractivity contribution in [3.8, 4) is 6.07 Å². The molecule has 0 N–H and O–H groups in total. The van der Waals surface area contributed by atoms with Crippen LogP contribution in [0.5, 0.6) is 0 Å². The van der Waals surface area contributed by atoms with Crippen LogP contribution in [0.3, 0.4) is 0 Å². The Morgan fingerprint density at radius 2 is 2.00 bits per heavy atom. The molecule has 0 unspecified atom stereocenters. The second-order valence-electron chi connectivity index (χ2n) is 4.94. The van der Waals surface area contributed by atoms with E-state index in [0.717, 1.165) is 45.0 Å². The molecule has 21 heavy (non-hydrogen) atoms. The molecule has 1 aromatic heterocycles. The maximum Gasteiger partial charge on any atom is 0.147 e. The molecule has 0 amide bonds. The molecule has 108 valence electrons. The molecule has 1 aliphatic rings. The number of hydrogen-bond acceptors (Lipinski definition) is 5. The van der Waals surface area contributed by atoms with Crippen LogP contribution in [-0.2, 0) is 4.74 Å². The van der Waals surface area contributed by atoms with Gasteiger partial charge in [-0.2, -0.15) is 5.26 Å². The highest BCUT2D eigenvalue weighted by molar-refractivity contribution is 6.32. The molecule has 0 bridgehead atoms. The Morgan fingerprint density at radius 3 is 2.71 bits per heavy atom. The van der Waals surface area contributed by atoms with Crippen molar-refractivity contribution in [1.29, 1.82) is 5.26 Å². The molecule has 2 aromatic rings. The van der Waals surface area contributed by atoms with E-state index in [2.05, 4.69) is 20.9 Å². The van der Waals surface area contributed by atoms with Gasteiger partial charge >= 0.3 is 0 Å². The van der Waals surface area contributed by atoms with Crippen molar-refractivity contribution in [2.75, 3.05) is 31.2 Å². The lowest BCUT2D eigenvalue weighted by atomic mass is 10.2. The van der Waals surface area contributed by atoms with Gasteiger partial charge in [-0.05, 0) is 25.0 Å². The van der Waals surface area contributed by atoms with E-state index < -0.39 is 0 Å². The standard InChI is InChI=1S/C15H15ClN4O/c16-12-3-4-13-15(11(12)9-17)19-14(10-18-13)20-5-1-7-21-8-2-6-20/h3-4,10H,1-2,5-8H2. The average molecular weight is 303 g/mol. The Balaban J connectivity index is 2.01. The van der Waals surface area contributed by atoms with Gasteiger partial charge in [-0.1, -0.05) is 11.6 Å². The number of aromatic nitrogens is 2. The molecule has 2 heterocycles. The summed E-state index contributed by atoms with van der Waals surface area (Å²) in [5.41, 5.74) is 1.65. The van der Waals surface area contributed by atoms with E-state index >= 15 is 0 Å². The lowest BCUT2D eigenvalue weighted by Crippen LogP contribution is -2.30. The van der Waals surface area contributed by atoms with E-state index in [0.29, 0.717) is 21.6 Å². The van der Waals surface area contributed by atoms with E-state index in [1.807, 2.05) is 0 Å². The van der Waals surface area contributed by atoms with Crippen molar-refractivity contribution >= 4 is 28.5 Å². The van der Waals surface area contributed by atoms with Crippen LogP contribution in [0, 0.1) is 11.3 Å². The summed E-state index contributed by atoms with van der Waals surface area (Å²) in [6.45, 7) is 3.30. The first-order chi connectivity index (χ1) is 10.3.